The fourth-order valence-corrected chi connectivity index (χ4v) is 4.76. The van der Waals surface area contributed by atoms with Crippen LogP contribution in [0.2, 0.25) is 0 Å². The van der Waals surface area contributed by atoms with Crippen molar-refractivity contribution in [1.82, 2.24) is 10.6 Å². The third kappa shape index (κ3) is 18.8. The lowest BCUT2D eigenvalue weighted by atomic mass is 10.0. The lowest BCUT2D eigenvalue weighted by Crippen LogP contribution is -2.45. The normalized spacial score (nSPS) is 12.5. The van der Waals surface area contributed by atoms with E-state index in [2.05, 4.69) is 17.6 Å². The van der Waals surface area contributed by atoms with Gasteiger partial charge in [-0.2, -0.15) is 0 Å². The molecule has 1 rings (SSSR count). The standard InChI is InChI=1S/C31H49Cl2N3O7/c1-2-3-4-5-6-7-8-9-10-11-12-13-14-15-16-17-27(37)34-22-28(38)43-23-26(35-31(40)30(32)33)29(39)24-18-20-25(21-19-24)36(41)42/h18-21,26,29-30,39H,2-17,22-23H2,1H3,(H,34,37)(H,35,40)/t26-,29-/m1/s1. The van der Waals surface area contributed by atoms with Crippen LogP contribution in [0.25, 0.3) is 0 Å². The average molecular weight is 647 g/mol. The number of non-ortho nitro benzene ring substituents is 1. The molecule has 0 spiro atoms. The minimum Gasteiger partial charge on any atom is -0.462 e. The van der Waals surface area contributed by atoms with E-state index in [-0.39, 0.29) is 23.7 Å². The van der Waals surface area contributed by atoms with E-state index in [0.717, 1.165) is 19.3 Å². The fraction of sp³-hybridized carbons (Fsp3) is 0.710. The van der Waals surface area contributed by atoms with Gasteiger partial charge in [-0.05, 0) is 24.1 Å². The minimum absolute atomic E-state index is 0.176. The molecule has 0 aliphatic heterocycles. The molecule has 3 N–H and O–H groups in total. The quantitative estimate of drug-likeness (QED) is 0.0346. The maximum absolute atomic E-state index is 12.2. The lowest BCUT2D eigenvalue weighted by molar-refractivity contribution is -0.384. The number of carbonyl (C=O) groups is 3. The van der Waals surface area contributed by atoms with Gasteiger partial charge in [0.2, 0.25) is 5.91 Å². The van der Waals surface area contributed by atoms with Crippen LogP contribution in [0, 0.1) is 10.1 Å². The second kappa shape index (κ2) is 24.0. The molecule has 0 aliphatic rings. The highest BCUT2D eigenvalue weighted by atomic mass is 35.5. The fourth-order valence-electron chi connectivity index (χ4n) is 4.63. The van der Waals surface area contributed by atoms with Crippen molar-refractivity contribution in [2.24, 2.45) is 0 Å². The van der Waals surface area contributed by atoms with Crippen molar-refractivity contribution in [3.63, 3.8) is 0 Å². The molecule has 43 heavy (non-hydrogen) atoms. The van der Waals surface area contributed by atoms with Crippen LogP contribution in [0.4, 0.5) is 5.69 Å². The summed E-state index contributed by atoms with van der Waals surface area (Å²) < 4.78 is 5.15. The molecule has 1 aromatic rings. The summed E-state index contributed by atoms with van der Waals surface area (Å²) >= 11 is 11.2. The molecule has 2 atom stereocenters. The number of esters is 1. The van der Waals surface area contributed by atoms with Gasteiger partial charge in [-0.25, -0.2) is 0 Å². The molecule has 0 saturated carbocycles. The number of nitro benzene ring substituents is 1. The van der Waals surface area contributed by atoms with Crippen LogP contribution in [0.5, 0.6) is 0 Å². The SMILES string of the molecule is CCCCCCCCCCCCCCCCCC(=O)NCC(=O)OC[C@@H](NC(=O)C(Cl)Cl)[C@H](O)c1ccc([N+](=O)[O-])cc1. The van der Waals surface area contributed by atoms with Crippen LogP contribution in [0.3, 0.4) is 0 Å². The number of benzene rings is 1. The smallest absolute Gasteiger partial charge is 0.325 e. The van der Waals surface area contributed by atoms with Gasteiger partial charge in [0.15, 0.2) is 4.84 Å². The summed E-state index contributed by atoms with van der Waals surface area (Å²) in [5.41, 5.74) is 0.0640. The molecule has 0 aliphatic carbocycles. The summed E-state index contributed by atoms with van der Waals surface area (Å²) in [6, 6.07) is 3.89. The Bertz CT molecular complexity index is 948. The first-order chi connectivity index (χ1) is 20.6. The maximum Gasteiger partial charge on any atom is 0.325 e. The van der Waals surface area contributed by atoms with Crippen molar-refractivity contribution in [2.75, 3.05) is 13.2 Å². The molecule has 1 aromatic carbocycles. The molecular formula is C31H49Cl2N3O7. The van der Waals surface area contributed by atoms with E-state index in [4.69, 9.17) is 27.9 Å². The summed E-state index contributed by atoms with van der Waals surface area (Å²) in [5, 5.41) is 26.5. The third-order valence-electron chi connectivity index (χ3n) is 7.21. The zero-order valence-electron chi connectivity index (χ0n) is 25.4. The number of aliphatic hydroxyl groups is 1. The molecular weight excluding hydrogens is 597 g/mol. The van der Waals surface area contributed by atoms with E-state index in [0.29, 0.717) is 6.42 Å². The zero-order valence-corrected chi connectivity index (χ0v) is 26.9. The van der Waals surface area contributed by atoms with Crippen molar-refractivity contribution in [2.45, 2.75) is 127 Å². The number of unbranched alkanes of at least 4 members (excludes halogenated alkanes) is 14. The van der Waals surface area contributed by atoms with Gasteiger partial charge < -0.3 is 20.5 Å². The molecule has 10 nitrogen and oxygen atoms in total. The number of hydrogen-bond acceptors (Lipinski definition) is 7. The van der Waals surface area contributed by atoms with E-state index < -0.39 is 40.4 Å². The van der Waals surface area contributed by atoms with Crippen LogP contribution < -0.4 is 10.6 Å². The van der Waals surface area contributed by atoms with E-state index in [9.17, 15) is 29.6 Å². The number of amides is 2. The predicted octanol–water partition coefficient (Wildman–Crippen LogP) is 6.84. The van der Waals surface area contributed by atoms with E-state index in [1.807, 2.05) is 0 Å². The van der Waals surface area contributed by atoms with E-state index >= 15 is 0 Å². The van der Waals surface area contributed by atoms with Crippen LogP contribution in [-0.2, 0) is 19.1 Å². The van der Waals surface area contributed by atoms with Crippen LogP contribution in [-0.4, -0.2) is 51.8 Å². The number of alkyl halides is 2. The Morgan fingerprint density at radius 3 is 1.81 bits per heavy atom. The van der Waals surface area contributed by atoms with E-state index in [1.165, 1.54) is 101 Å². The molecule has 0 heterocycles. The Hall–Kier alpha value is -2.43. The Morgan fingerprint density at radius 2 is 1.35 bits per heavy atom. The van der Waals surface area contributed by atoms with Gasteiger partial charge in [0.25, 0.3) is 11.6 Å². The summed E-state index contributed by atoms with van der Waals surface area (Å²) in [4.78, 5) is 45.2. The molecule has 0 radical (unpaired) electrons. The van der Waals surface area contributed by atoms with Gasteiger partial charge in [-0.15, -0.1) is 0 Å². The minimum atomic E-state index is -1.43. The zero-order chi connectivity index (χ0) is 31.9. The number of hydrogen-bond donors (Lipinski definition) is 3. The van der Waals surface area contributed by atoms with Gasteiger partial charge in [-0.3, -0.25) is 24.5 Å². The molecule has 0 aromatic heterocycles. The third-order valence-corrected chi connectivity index (χ3v) is 7.61. The van der Waals surface area contributed by atoms with Crippen molar-refractivity contribution in [3.8, 4) is 0 Å². The highest BCUT2D eigenvalue weighted by Gasteiger charge is 2.27. The summed E-state index contributed by atoms with van der Waals surface area (Å²) in [6.07, 6.45) is 17.5. The number of ether oxygens (including phenoxy) is 1. The topological polar surface area (TPSA) is 148 Å². The molecule has 2 amide bonds. The van der Waals surface area contributed by atoms with Gasteiger partial charge >= 0.3 is 5.97 Å². The maximum atomic E-state index is 12.2. The van der Waals surface area contributed by atoms with Crippen molar-refractivity contribution >= 4 is 46.7 Å². The molecule has 0 saturated heterocycles. The molecule has 12 heteroatoms. The molecule has 0 fully saturated rings. The largest absolute Gasteiger partial charge is 0.462 e. The number of halogens is 2. The number of nitrogens with zero attached hydrogens (tertiary/aromatic N) is 1. The van der Waals surface area contributed by atoms with E-state index in [1.54, 1.807) is 0 Å². The number of nitrogens with one attached hydrogen (secondary N) is 2. The molecule has 0 bridgehead atoms. The first-order valence-electron chi connectivity index (χ1n) is 15.6. The second-order valence-corrected chi connectivity index (χ2v) is 12.0. The molecule has 244 valence electrons. The van der Waals surface area contributed by atoms with Crippen LogP contribution >= 0.6 is 23.2 Å². The van der Waals surface area contributed by atoms with Crippen molar-refractivity contribution < 1.29 is 29.2 Å². The average Bonchev–Trinajstić information content (AvgIpc) is 2.99. The van der Waals surface area contributed by atoms with Crippen molar-refractivity contribution in [1.29, 1.82) is 0 Å². The van der Waals surface area contributed by atoms with Crippen LogP contribution in [0.1, 0.15) is 121 Å². The summed E-state index contributed by atoms with van der Waals surface area (Å²) in [6.45, 7) is 1.44. The highest BCUT2D eigenvalue weighted by Crippen LogP contribution is 2.21. The first-order valence-corrected chi connectivity index (χ1v) is 16.5. The Morgan fingerprint density at radius 1 is 0.860 bits per heavy atom. The van der Waals surface area contributed by atoms with Gasteiger partial charge in [0.1, 0.15) is 19.3 Å². The molecule has 0 unspecified atom stereocenters. The Labute approximate surface area is 265 Å². The number of aliphatic hydroxyl groups excluding tert-OH is 1. The highest BCUT2D eigenvalue weighted by molar-refractivity contribution is 6.53. The van der Waals surface area contributed by atoms with Gasteiger partial charge in [0, 0.05) is 18.6 Å². The summed E-state index contributed by atoms with van der Waals surface area (Å²) in [7, 11) is 0. The Kier molecular flexibility index (Phi) is 21.5. The lowest BCUT2D eigenvalue weighted by Gasteiger charge is -2.24. The van der Waals surface area contributed by atoms with Gasteiger partial charge in [-0.1, -0.05) is 120 Å². The summed E-state index contributed by atoms with van der Waals surface area (Å²) in [5.74, 6) is -1.83. The number of carbonyl (C=O) groups excluding carboxylic acids is 3. The predicted molar refractivity (Wildman–Crippen MR) is 169 cm³/mol. The number of rotatable bonds is 25. The monoisotopic (exact) mass is 645 g/mol. The van der Waals surface area contributed by atoms with Crippen molar-refractivity contribution in [3.05, 3.63) is 39.9 Å². The first kappa shape index (κ1) is 38.6. The van der Waals surface area contributed by atoms with Gasteiger partial charge in [0.05, 0.1) is 11.0 Å². The number of nitro groups is 1. The second-order valence-electron chi connectivity index (χ2n) is 10.9. The Balaban J connectivity index is 2.23. The van der Waals surface area contributed by atoms with Crippen LogP contribution in [0.15, 0.2) is 24.3 Å².